The molecule has 3 nitrogen and oxygen atoms in total. The van der Waals surface area contributed by atoms with Gasteiger partial charge in [0.05, 0.1) is 0 Å². The van der Waals surface area contributed by atoms with E-state index in [9.17, 15) is 4.79 Å². The molecular weight excluding hydrogens is 366 g/mol. The van der Waals surface area contributed by atoms with E-state index in [0.717, 1.165) is 27.8 Å². The van der Waals surface area contributed by atoms with Crippen LogP contribution in [0, 0.1) is 0 Å². The fourth-order valence-corrected chi connectivity index (χ4v) is 2.25. The first-order valence-electron chi connectivity index (χ1n) is 8.02. The average Bonchev–Trinajstić information content (AvgIpc) is 2.60. The topological polar surface area (TPSA) is 38.3 Å². The van der Waals surface area contributed by atoms with Crippen LogP contribution in [-0.4, -0.2) is 11.9 Å². The molecule has 0 saturated heterocycles. The Morgan fingerprint density at radius 3 is 2.46 bits per heavy atom. The Kier molecular flexibility index (Phi) is 7.07. The lowest BCUT2D eigenvalue weighted by molar-refractivity contribution is -0.117. The van der Waals surface area contributed by atoms with E-state index in [1.54, 1.807) is 12.2 Å². The Labute approximate surface area is 151 Å². The number of carbonyl (C=O) groups is 1. The molecule has 1 amide bonds. The minimum Gasteiger partial charge on any atom is -0.489 e. The first kappa shape index (κ1) is 18.3. The zero-order chi connectivity index (χ0) is 17.4. The summed E-state index contributed by atoms with van der Waals surface area (Å²) < 4.78 is 6.82. The standard InChI is InChI=1S/C20H22BrNO2/c1-3-15(2)22-20(23)13-8-16-6-11-19(12-7-16)24-14-17-4-9-18(21)10-5-17/h4-13,15H,3,14H2,1-2H3,(H,22,23)/b13-8+/t15-/m1/s1. The van der Waals surface area contributed by atoms with Crippen molar-refractivity contribution in [3.63, 3.8) is 0 Å². The summed E-state index contributed by atoms with van der Waals surface area (Å²) in [5.41, 5.74) is 2.08. The fourth-order valence-electron chi connectivity index (χ4n) is 1.99. The second kappa shape index (κ2) is 9.28. The summed E-state index contributed by atoms with van der Waals surface area (Å²) in [6.07, 6.45) is 4.28. The summed E-state index contributed by atoms with van der Waals surface area (Å²) in [6.45, 7) is 4.56. The van der Waals surface area contributed by atoms with Gasteiger partial charge in [0, 0.05) is 16.6 Å². The number of benzene rings is 2. The van der Waals surface area contributed by atoms with Gasteiger partial charge in [0.1, 0.15) is 12.4 Å². The summed E-state index contributed by atoms with van der Waals surface area (Å²) in [5, 5.41) is 2.90. The van der Waals surface area contributed by atoms with Crippen molar-refractivity contribution >= 4 is 27.9 Å². The third-order valence-electron chi connectivity index (χ3n) is 3.63. The van der Waals surface area contributed by atoms with Gasteiger partial charge >= 0.3 is 0 Å². The van der Waals surface area contributed by atoms with Gasteiger partial charge in [0.2, 0.25) is 5.91 Å². The maximum absolute atomic E-state index is 11.7. The summed E-state index contributed by atoms with van der Waals surface area (Å²) in [7, 11) is 0. The van der Waals surface area contributed by atoms with E-state index >= 15 is 0 Å². The molecule has 0 aromatic heterocycles. The van der Waals surface area contributed by atoms with Crippen molar-refractivity contribution in [1.29, 1.82) is 0 Å². The van der Waals surface area contributed by atoms with Crippen molar-refractivity contribution < 1.29 is 9.53 Å². The lowest BCUT2D eigenvalue weighted by atomic mass is 10.2. The van der Waals surface area contributed by atoms with Crippen molar-refractivity contribution in [3.05, 3.63) is 70.2 Å². The predicted octanol–water partition coefficient (Wildman–Crippen LogP) is 4.96. The number of ether oxygens (including phenoxy) is 1. The molecule has 2 aromatic rings. The van der Waals surface area contributed by atoms with E-state index in [0.29, 0.717) is 6.61 Å². The number of amides is 1. The highest BCUT2D eigenvalue weighted by Gasteiger charge is 2.01. The Bertz CT molecular complexity index is 678. The highest BCUT2D eigenvalue weighted by Crippen LogP contribution is 2.16. The zero-order valence-corrected chi connectivity index (χ0v) is 15.5. The van der Waals surface area contributed by atoms with E-state index in [2.05, 4.69) is 21.2 Å². The van der Waals surface area contributed by atoms with Crippen LogP contribution in [0.15, 0.2) is 59.1 Å². The Morgan fingerprint density at radius 1 is 1.17 bits per heavy atom. The maximum Gasteiger partial charge on any atom is 0.244 e. The number of rotatable bonds is 7. The summed E-state index contributed by atoms with van der Waals surface area (Å²) in [4.78, 5) is 11.7. The van der Waals surface area contributed by atoms with E-state index in [-0.39, 0.29) is 11.9 Å². The molecule has 2 rings (SSSR count). The normalized spacial score (nSPS) is 12.1. The first-order valence-corrected chi connectivity index (χ1v) is 8.82. The summed E-state index contributed by atoms with van der Waals surface area (Å²) >= 11 is 3.42. The Morgan fingerprint density at radius 2 is 1.83 bits per heavy atom. The van der Waals surface area contributed by atoms with Gasteiger partial charge in [-0.1, -0.05) is 47.1 Å². The second-order valence-electron chi connectivity index (χ2n) is 5.64. The molecule has 0 spiro atoms. The van der Waals surface area contributed by atoms with Crippen LogP contribution in [0.5, 0.6) is 5.75 Å². The molecule has 0 unspecified atom stereocenters. The highest BCUT2D eigenvalue weighted by atomic mass is 79.9. The molecule has 0 aliphatic rings. The van der Waals surface area contributed by atoms with Gasteiger partial charge in [-0.3, -0.25) is 4.79 Å². The molecular formula is C20H22BrNO2. The predicted molar refractivity (Wildman–Crippen MR) is 102 cm³/mol. The third-order valence-corrected chi connectivity index (χ3v) is 4.16. The van der Waals surface area contributed by atoms with Crippen LogP contribution in [0.1, 0.15) is 31.4 Å². The van der Waals surface area contributed by atoms with Crippen LogP contribution >= 0.6 is 15.9 Å². The smallest absolute Gasteiger partial charge is 0.244 e. The number of hydrogen-bond donors (Lipinski definition) is 1. The quantitative estimate of drug-likeness (QED) is 0.682. The van der Waals surface area contributed by atoms with Crippen molar-refractivity contribution in [2.45, 2.75) is 32.9 Å². The van der Waals surface area contributed by atoms with E-state index in [4.69, 9.17) is 4.74 Å². The molecule has 0 aliphatic heterocycles. The number of hydrogen-bond acceptors (Lipinski definition) is 2. The van der Waals surface area contributed by atoms with Gasteiger partial charge in [-0.05, 0) is 54.8 Å². The number of carbonyl (C=O) groups excluding carboxylic acids is 1. The SMILES string of the molecule is CC[C@@H](C)NC(=O)/C=C/c1ccc(OCc2ccc(Br)cc2)cc1. The van der Waals surface area contributed by atoms with Gasteiger partial charge in [-0.2, -0.15) is 0 Å². The second-order valence-corrected chi connectivity index (χ2v) is 6.55. The van der Waals surface area contributed by atoms with Crippen molar-refractivity contribution in [2.24, 2.45) is 0 Å². The van der Waals surface area contributed by atoms with Crippen molar-refractivity contribution in [2.75, 3.05) is 0 Å². The largest absolute Gasteiger partial charge is 0.489 e. The van der Waals surface area contributed by atoms with Crippen molar-refractivity contribution in [3.8, 4) is 5.75 Å². The maximum atomic E-state index is 11.7. The van der Waals surface area contributed by atoms with Crippen LogP contribution < -0.4 is 10.1 Å². The number of halogens is 1. The lowest BCUT2D eigenvalue weighted by Crippen LogP contribution is -2.30. The molecule has 1 atom stereocenters. The van der Waals surface area contributed by atoms with Gasteiger partial charge in [0.25, 0.3) is 0 Å². The van der Waals surface area contributed by atoms with Gasteiger partial charge in [0.15, 0.2) is 0 Å². The molecule has 0 bridgehead atoms. The monoisotopic (exact) mass is 387 g/mol. The molecule has 0 aliphatic carbocycles. The number of nitrogens with one attached hydrogen (secondary N) is 1. The molecule has 0 heterocycles. The lowest BCUT2D eigenvalue weighted by Gasteiger charge is -2.08. The molecule has 24 heavy (non-hydrogen) atoms. The van der Waals surface area contributed by atoms with E-state index in [1.165, 1.54) is 0 Å². The van der Waals surface area contributed by atoms with Crippen LogP contribution in [0.25, 0.3) is 6.08 Å². The van der Waals surface area contributed by atoms with Crippen LogP contribution in [0.2, 0.25) is 0 Å². The van der Waals surface area contributed by atoms with Gasteiger partial charge in [-0.25, -0.2) is 0 Å². The minimum absolute atomic E-state index is 0.0695. The molecule has 4 heteroatoms. The van der Waals surface area contributed by atoms with Crippen LogP contribution in [-0.2, 0) is 11.4 Å². The molecule has 0 saturated carbocycles. The minimum atomic E-state index is -0.0695. The van der Waals surface area contributed by atoms with Gasteiger partial charge < -0.3 is 10.1 Å². The van der Waals surface area contributed by atoms with Gasteiger partial charge in [-0.15, -0.1) is 0 Å². The van der Waals surface area contributed by atoms with Crippen LogP contribution in [0.3, 0.4) is 0 Å². The molecule has 2 aromatic carbocycles. The van der Waals surface area contributed by atoms with E-state index in [1.807, 2.05) is 62.4 Å². The average molecular weight is 388 g/mol. The van der Waals surface area contributed by atoms with Crippen molar-refractivity contribution in [1.82, 2.24) is 5.32 Å². The summed E-state index contributed by atoms with van der Waals surface area (Å²) in [5.74, 6) is 0.735. The highest BCUT2D eigenvalue weighted by molar-refractivity contribution is 9.10. The Hall–Kier alpha value is -2.07. The third kappa shape index (κ3) is 6.20. The Balaban J connectivity index is 1.86. The molecule has 126 valence electrons. The zero-order valence-electron chi connectivity index (χ0n) is 14.0. The molecule has 0 fully saturated rings. The summed E-state index contributed by atoms with van der Waals surface area (Å²) in [6, 6.07) is 15.9. The molecule has 0 radical (unpaired) electrons. The van der Waals surface area contributed by atoms with E-state index < -0.39 is 0 Å². The fraction of sp³-hybridized carbons (Fsp3) is 0.250. The van der Waals surface area contributed by atoms with Crippen LogP contribution in [0.4, 0.5) is 0 Å². The first-order chi connectivity index (χ1) is 11.6. The molecule has 1 N–H and O–H groups in total.